The second kappa shape index (κ2) is 7.29. The van der Waals surface area contributed by atoms with Crippen molar-refractivity contribution in [3.8, 4) is 0 Å². The summed E-state index contributed by atoms with van der Waals surface area (Å²) in [5.41, 5.74) is 1.66. The van der Waals surface area contributed by atoms with Gasteiger partial charge in [-0.15, -0.1) is 11.6 Å². The van der Waals surface area contributed by atoms with E-state index in [0.29, 0.717) is 18.7 Å². The van der Waals surface area contributed by atoms with Gasteiger partial charge in [0.1, 0.15) is 0 Å². The number of hydrogen-bond donors (Lipinski definition) is 1. The molecule has 1 fully saturated rings. The number of nitrogens with one attached hydrogen (secondary N) is 1. The van der Waals surface area contributed by atoms with E-state index in [9.17, 15) is 9.59 Å². The van der Waals surface area contributed by atoms with Crippen LogP contribution in [0.25, 0.3) is 0 Å². The number of benzene rings is 1. The number of anilines is 2. The van der Waals surface area contributed by atoms with Crippen LogP contribution in [0.5, 0.6) is 0 Å². The van der Waals surface area contributed by atoms with Crippen molar-refractivity contribution in [1.82, 2.24) is 0 Å². The first-order chi connectivity index (χ1) is 9.70. The summed E-state index contributed by atoms with van der Waals surface area (Å²) in [4.78, 5) is 25.1. The van der Waals surface area contributed by atoms with Gasteiger partial charge in [-0.1, -0.05) is 0 Å². The fourth-order valence-corrected chi connectivity index (χ4v) is 2.44. The van der Waals surface area contributed by atoms with Crippen LogP contribution >= 0.6 is 11.6 Å². The summed E-state index contributed by atoms with van der Waals surface area (Å²) in [6.45, 7) is 0.781. The first-order valence-electron chi connectivity index (χ1n) is 6.97. The van der Waals surface area contributed by atoms with Crippen LogP contribution in [-0.2, 0) is 9.59 Å². The Morgan fingerprint density at radius 3 is 2.60 bits per heavy atom. The molecule has 0 atom stereocenters. The van der Waals surface area contributed by atoms with Gasteiger partial charge >= 0.3 is 0 Å². The van der Waals surface area contributed by atoms with Gasteiger partial charge < -0.3 is 10.2 Å². The molecule has 4 nitrogen and oxygen atoms in total. The predicted octanol–water partition coefficient (Wildman–Crippen LogP) is 3.16. The molecule has 0 saturated carbocycles. The Kier molecular flexibility index (Phi) is 5.41. The van der Waals surface area contributed by atoms with Crippen molar-refractivity contribution in [2.75, 3.05) is 22.6 Å². The number of rotatable bonds is 6. The zero-order valence-electron chi connectivity index (χ0n) is 11.4. The highest BCUT2D eigenvalue weighted by Gasteiger charge is 2.21. The molecule has 5 heteroatoms. The standard InChI is InChI=1S/C15H19ClN2O2/c16-10-2-1-4-14(19)17-12-6-8-13(9-7-12)18-11-3-5-15(18)20/h6-9H,1-5,10-11H2,(H,17,19). The van der Waals surface area contributed by atoms with Crippen molar-refractivity contribution >= 4 is 34.8 Å². The number of halogens is 1. The molecule has 1 aromatic carbocycles. The van der Waals surface area contributed by atoms with Crippen molar-refractivity contribution in [2.45, 2.75) is 32.1 Å². The minimum Gasteiger partial charge on any atom is -0.326 e. The van der Waals surface area contributed by atoms with E-state index in [2.05, 4.69) is 5.32 Å². The Labute approximate surface area is 124 Å². The Balaban J connectivity index is 1.88. The number of alkyl halides is 1. The third-order valence-corrected chi connectivity index (χ3v) is 3.59. The van der Waals surface area contributed by atoms with Crippen molar-refractivity contribution in [2.24, 2.45) is 0 Å². The molecule has 20 heavy (non-hydrogen) atoms. The first kappa shape index (κ1) is 14.9. The van der Waals surface area contributed by atoms with Crippen LogP contribution in [0, 0.1) is 0 Å². The minimum atomic E-state index is 0.000107. The molecule has 0 aliphatic carbocycles. The Bertz CT molecular complexity index is 473. The smallest absolute Gasteiger partial charge is 0.227 e. The van der Waals surface area contributed by atoms with E-state index >= 15 is 0 Å². The number of carbonyl (C=O) groups excluding carboxylic acids is 2. The van der Waals surface area contributed by atoms with Gasteiger partial charge in [-0.05, 0) is 43.5 Å². The van der Waals surface area contributed by atoms with Gasteiger partial charge in [0, 0.05) is 36.6 Å². The molecule has 1 heterocycles. The summed E-state index contributed by atoms with van der Waals surface area (Å²) in [6, 6.07) is 7.41. The molecule has 0 bridgehead atoms. The van der Waals surface area contributed by atoms with E-state index in [4.69, 9.17) is 11.6 Å². The Hall–Kier alpha value is -1.55. The fraction of sp³-hybridized carbons (Fsp3) is 0.467. The zero-order chi connectivity index (χ0) is 14.4. The van der Waals surface area contributed by atoms with Crippen LogP contribution in [0.1, 0.15) is 32.1 Å². The molecule has 1 saturated heterocycles. The normalized spacial score (nSPS) is 14.7. The molecule has 2 amide bonds. The molecule has 2 rings (SSSR count). The maximum Gasteiger partial charge on any atom is 0.227 e. The van der Waals surface area contributed by atoms with Gasteiger partial charge in [-0.3, -0.25) is 9.59 Å². The molecule has 108 valence electrons. The van der Waals surface area contributed by atoms with Crippen LogP contribution in [0.15, 0.2) is 24.3 Å². The molecule has 0 spiro atoms. The molecule has 1 N–H and O–H groups in total. The highest BCUT2D eigenvalue weighted by Crippen LogP contribution is 2.23. The van der Waals surface area contributed by atoms with Crippen LogP contribution in [0.4, 0.5) is 11.4 Å². The van der Waals surface area contributed by atoms with Crippen molar-refractivity contribution < 1.29 is 9.59 Å². The summed E-state index contributed by atoms with van der Waals surface area (Å²) in [7, 11) is 0. The lowest BCUT2D eigenvalue weighted by molar-refractivity contribution is -0.117. The van der Waals surface area contributed by atoms with E-state index in [0.717, 1.165) is 37.2 Å². The molecule has 0 radical (unpaired) electrons. The molecular formula is C15H19ClN2O2. The number of nitrogens with zero attached hydrogens (tertiary/aromatic N) is 1. The predicted molar refractivity (Wildman–Crippen MR) is 81.2 cm³/mol. The summed E-state index contributed by atoms with van der Waals surface area (Å²) < 4.78 is 0. The summed E-state index contributed by atoms with van der Waals surface area (Å²) in [5.74, 6) is 0.759. The van der Waals surface area contributed by atoms with E-state index in [1.807, 2.05) is 24.3 Å². The van der Waals surface area contributed by atoms with Gasteiger partial charge in [0.05, 0.1) is 0 Å². The average Bonchev–Trinajstić information content (AvgIpc) is 2.86. The lowest BCUT2D eigenvalue weighted by Gasteiger charge is -2.16. The fourth-order valence-electron chi connectivity index (χ4n) is 2.25. The largest absolute Gasteiger partial charge is 0.326 e. The van der Waals surface area contributed by atoms with Gasteiger partial charge in [-0.25, -0.2) is 0 Å². The lowest BCUT2D eigenvalue weighted by atomic mass is 10.2. The van der Waals surface area contributed by atoms with E-state index in [1.54, 1.807) is 4.90 Å². The van der Waals surface area contributed by atoms with Crippen LogP contribution < -0.4 is 10.2 Å². The molecule has 1 aliphatic rings. The first-order valence-corrected chi connectivity index (χ1v) is 7.50. The molecule has 0 aromatic heterocycles. The number of amides is 2. The minimum absolute atomic E-state index is 0.000107. The second-order valence-electron chi connectivity index (χ2n) is 4.89. The summed E-state index contributed by atoms with van der Waals surface area (Å²) >= 11 is 5.57. The number of unbranched alkanes of at least 4 members (excludes halogenated alkanes) is 1. The van der Waals surface area contributed by atoms with Crippen molar-refractivity contribution in [3.05, 3.63) is 24.3 Å². The topological polar surface area (TPSA) is 49.4 Å². The molecular weight excluding hydrogens is 276 g/mol. The maximum absolute atomic E-state index is 11.7. The molecule has 1 aromatic rings. The number of carbonyl (C=O) groups is 2. The van der Waals surface area contributed by atoms with E-state index in [1.165, 1.54) is 0 Å². The third-order valence-electron chi connectivity index (χ3n) is 3.32. The average molecular weight is 295 g/mol. The molecule has 0 unspecified atom stereocenters. The highest BCUT2D eigenvalue weighted by molar-refractivity contribution is 6.17. The van der Waals surface area contributed by atoms with Crippen LogP contribution in [0.3, 0.4) is 0 Å². The monoisotopic (exact) mass is 294 g/mol. The SMILES string of the molecule is O=C(CCCCCl)Nc1ccc(N2CCCC2=O)cc1. The third kappa shape index (κ3) is 3.97. The van der Waals surface area contributed by atoms with Crippen molar-refractivity contribution in [3.63, 3.8) is 0 Å². The maximum atomic E-state index is 11.7. The van der Waals surface area contributed by atoms with Gasteiger partial charge in [0.15, 0.2) is 0 Å². The zero-order valence-corrected chi connectivity index (χ0v) is 12.2. The van der Waals surface area contributed by atoms with Gasteiger partial charge in [0.2, 0.25) is 11.8 Å². The van der Waals surface area contributed by atoms with Crippen LogP contribution in [0.2, 0.25) is 0 Å². The van der Waals surface area contributed by atoms with E-state index in [-0.39, 0.29) is 11.8 Å². The van der Waals surface area contributed by atoms with E-state index < -0.39 is 0 Å². The van der Waals surface area contributed by atoms with Gasteiger partial charge in [-0.2, -0.15) is 0 Å². The quantitative estimate of drug-likeness (QED) is 0.647. The Morgan fingerprint density at radius 2 is 2.00 bits per heavy atom. The lowest BCUT2D eigenvalue weighted by Crippen LogP contribution is -2.23. The number of hydrogen-bond acceptors (Lipinski definition) is 2. The molecule has 1 aliphatic heterocycles. The summed E-state index contributed by atoms with van der Waals surface area (Å²) in [6.07, 6.45) is 3.68. The van der Waals surface area contributed by atoms with Gasteiger partial charge in [0.25, 0.3) is 0 Å². The highest BCUT2D eigenvalue weighted by atomic mass is 35.5. The van der Waals surface area contributed by atoms with Crippen LogP contribution in [-0.4, -0.2) is 24.2 Å². The second-order valence-corrected chi connectivity index (χ2v) is 5.27. The van der Waals surface area contributed by atoms with Crippen molar-refractivity contribution in [1.29, 1.82) is 0 Å². The summed E-state index contributed by atoms with van der Waals surface area (Å²) in [5, 5.41) is 2.84. The Morgan fingerprint density at radius 1 is 1.25 bits per heavy atom.